The van der Waals surface area contributed by atoms with Crippen LogP contribution in [0.1, 0.15) is 34.8 Å². The fourth-order valence-corrected chi connectivity index (χ4v) is 16.8. The number of phenolic OH excluding ortho intramolecular Hbond substituents is 1. The second-order valence-corrected chi connectivity index (χ2v) is 28.7. The van der Waals surface area contributed by atoms with Crippen molar-refractivity contribution in [2.24, 2.45) is 4.99 Å². The molecular formula is C89H62ClFN20O2. The summed E-state index contributed by atoms with van der Waals surface area (Å²) in [6.45, 7) is 8.11. The van der Waals surface area contributed by atoms with Crippen LogP contribution in [0.2, 0.25) is 5.02 Å². The molecule has 0 saturated carbocycles. The lowest BCUT2D eigenvalue weighted by Crippen LogP contribution is -1.97. The Morgan fingerprint density at radius 2 is 0.699 bits per heavy atom. The molecule has 0 aliphatic carbocycles. The van der Waals surface area contributed by atoms with Crippen molar-refractivity contribution in [3.63, 3.8) is 0 Å². The molecule has 0 atom stereocenters. The maximum atomic E-state index is 13.9. The first kappa shape index (κ1) is 66.4. The van der Waals surface area contributed by atoms with E-state index in [1.54, 1.807) is 68.6 Å². The second-order valence-electron chi connectivity index (χ2n) is 28.2. The van der Waals surface area contributed by atoms with E-state index in [9.17, 15) is 9.50 Å². The molecule has 9 N–H and O–H groups in total. The summed E-state index contributed by atoms with van der Waals surface area (Å²) in [6.07, 6.45) is 16.3. The van der Waals surface area contributed by atoms with Gasteiger partial charge in [0.25, 0.3) is 0 Å². The zero-order valence-corrected chi connectivity index (χ0v) is 61.8. The number of pyridine rings is 7. The number of hydrogen-bond acceptors (Lipinski definition) is 14. The number of aliphatic imine (C=N–C) groups is 1. The van der Waals surface area contributed by atoms with E-state index in [0.29, 0.717) is 10.8 Å². The van der Waals surface area contributed by atoms with Gasteiger partial charge in [0.05, 0.1) is 95.5 Å². The highest BCUT2D eigenvalue weighted by atomic mass is 35.5. The van der Waals surface area contributed by atoms with Crippen LogP contribution in [-0.4, -0.2) is 113 Å². The fourth-order valence-electron chi connectivity index (χ4n) is 16.6. The summed E-state index contributed by atoms with van der Waals surface area (Å²) in [6, 6.07) is 49.7. The third-order valence-corrected chi connectivity index (χ3v) is 21.8. The van der Waals surface area contributed by atoms with Gasteiger partial charge in [-0.25, -0.2) is 24.3 Å². The Morgan fingerprint density at radius 3 is 1.14 bits per heavy atom. The molecule has 0 amide bonds. The Hall–Kier alpha value is -14.8. The van der Waals surface area contributed by atoms with Gasteiger partial charge >= 0.3 is 0 Å². The van der Waals surface area contributed by atoms with Gasteiger partial charge in [-0.05, 0) is 198 Å². The number of phenols is 1. The van der Waals surface area contributed by atoms with Crippen molar-refractivity contribution < 1.29 is 14.2 Å². The molecule has 0 radical (unpaired) electrons. The second kappa shape index (κ2) is 25.9. The number of H-pyrrole nitrogens is 8. The number of imidazole rings is 4. The molecule has 24 heteroatoms. The predicted molar refractivity (Wildman–Crippen MR) is 449 cm³/mol. The van der Waals surface area contributed by atoms with Gasteiger partial charge in [-0.15, -0.1) is 0 Å². The SMILES string of the molecule is COc1ccc2[nH]c(C)c(-c3nc4c5c(c6ncccc6c4[nH]3)N=CCC5)c2c1.Cc1[nH]c2ccc(Cl)cc2c1-c1nc2c3cccnc3c3ncccc3c2[nH]1.Cc1[nH]c2ccc(F)cc2c1-c1nc2c3cccnc3c3ncccc3c2[nH]1.Cc1[nH]c2ccc(O)cc2c1-c1nc2c3cccnc3c3ncccc3c2[nH]1. The van der Waals surface area contributed by atoms with Crippen LogP contribution in [0.25, 0.3) is 210 Å². The lowest BCUT2D eigenvalue weighted by atomic mass is 10.00. The van der Waals surface area contributed by atoms with Gasteiger partial charge in [-0.3, -0.25) is 39.9 Å². The van der Waals surface area contributed by atoms with Gasteiger partial charge in [-0.1, -0.05) is 11.6 Å². The number of aromatic nitrogens is 19. The van der Waals surface area contributed by atoms with E-state index in [4.69, 9.17) is 36.3 Å². The number of halogens is 2. The standard InChI is InChI=1S/C23H19N5O.C22H14ClN5.C22H14FN5.C22H15N5O/c1-12-18(16-11-13(29-2)7-8-17(16)26-12)23-27-21-14-5-3-9-24-19(14)20-15(22(21)28-23)6-4-10-25-20;2*1-11-17(15-10-12(23)6-7-16(15)26-11)22-27-20-13-4-2-8-24-18(13)19-14(21(20)28-22)5-3-9-25-19;1-11-17(15-10-12(28)6-7-16(15)25-11)22-26-20-13-4-2-8-23-18(13)19-14(21(20)27-22)5-3-9-24-19/h3,5,7-11,26H,4,6H2,1-2H3,(H,27,28);2*2-10,26H,1H3,(H,27,28);2-10,25,28H,1H3,(H,26,27). The van der Waals surface area contributed by atoms with Crippen LogP contribution >= 0.6 is 11.6 Å². The largest absolute Gasteiger partial charge is 0.508 e. The molecule has 0 unspecified atom stereocenters. The zero-order chi connectivity index (χ0) is 76.0. The average Bonchev–Trinajstić information content (AvgIpc) is 1.62. The molecule has 0 fully saturated rings. The highest BCUT2D eigenvalue weighted by Crippen LogP contribution is 2.45. The van der Waals surface area contributed by atoms with E-state index in [1.807, 2.05) is 135 Å². The molecule has 113 heavy (non-hydrogen) atoms. The summed E-state index contributed by atoms with van der Waals surface area (Å²) in [5.41, 5.74) is 27.5. The van der Waals surface area contributed by atoms with E-state index < -0.39 is 0 Å². The van der Waals surface area contributed by atoms with Gasteiger partial charge in [0.15, 0.2) is 0 Å². The van der Waals surface area contributed by atoms with Gasteiger partial charge in [0, 0.05) is 187 Å². The Bertz CT molecular complexity index is 7180. The Labute approximate surface area is 642 Å². The number of benzene rings is 8. The van der Waals surface area contributed by atoms with Crippen molar-refractivity contribution in [3.8, 4) is 57.1 Å². The normalized spacial score (nSPS) is 12.3. The molecule has 0 saturated heterocycles. The van der Waals surface area contributed by atoms with E-state index in [1.165, 1.54) is 11.6 Å². The van der Waals surface area contributed by atoms with Crippen molar-refractivity contribution in [2.75, 3.05) is 7.11 Å². The van der Waals surface area contributed by atoms with Crippen LogP contribution in [0, 0.1) is 33.5 Å². The first-order valence-electron chi connectivity index (χ1n) is 36.8. The van der Waals surface area contributed by atoms with Crippen LogP contribution in [0.5, 0.6) is 11.5 Å². The van der Waals surface area contributed by atoms with Crippen LogP contribution < -0.4 is 4.74 Å². The van der Waals surface area contributed by atoms with Crippen molar-refractivity contribution in [3.05, 3.63) is 240 Å². The van der Waals surface area contributed by atoms with E-state index >= 15 is 0 Å². The molecule has 544 valence electrons. The third kappa shape index (κ3) is 10.7. The van der Waals surface area contributed by atoms with Crippen LogP contribution in [0.15, 0.2) is 206 Å². The molecule has 0 bridgehead atoms. The highest BCUT2D eigenvalue weighted by Gasteiger charge is 2.26. The highest BCUT2D eigenvalue weighted by molar-refractivity contribution is 6.31. The molecule has 24 rings (SSSR count). The number of hydrogen-bond donors (Lipinski definition) is 9. The molecule has 1 aliphatic rings. The van der Waals surface area contributed by atoms with Gasteiger partial charge < -0.3 is 49.7 Å². The number of fused-ring (bicyclic) bond motifs is 28. The number of nitrogens with one attached hydrogen (secondary N) is 8. The number of ether oxygens (including phenoxy) is 1. The van der Waals surface area contributed by atoms with Crippen LogP contribution in [-0.2, 0) is 6.42 Å². The number of aryl methyl sites for hydroxylation is 5. The minimum atomic E-state index is -0.270. The molecule has 8 aromatic carbocycles. The van der Waals surface area contributed by atoms with Crippen LogP contribution in [0.3, 0.4) is 0 Å². The average molecular weight is 1500 g/mol. The van der Waals surface area contributed by atoms with Crippen molar-refractivity contribution in [2.45, 2.75) is 40.5 Å². The first-order valence-corrected chi connectivity index (χ1v) is 37.1. The summed E-state index contributed by atoms with van der Waals surface area (Å²) in [7, 11) is 1.69. The number of rotatable bonds is 5. The Kier molecular flexibility index (Phi) is 15.2. The minimum absolute atomic E-state index is 0.230. The summed E-state index contributed by atoms with van der Waals surface area (Å²) < 4.78 is 19.3. The predicted octanol–water partition coefficient (Wildman–Crippen LogP) is 21.1. The quantitative estimate of drug-likeness (QED) is 0.0725. The lowest BCUT2D eigenvalue weighted by Gasteiger charge is -2.12. The summed E-state index contributed by atoms with van der Waals surface area (Å²) in [5.74, 6) is 3.90. The summed E-state index contributed by atoms with van der Waals surface area (Å²) >= 11 is 6.26. The van der Waals surface area contributed by atoms with Crippen molar-refractivity contribution in [1.29, 1.82) is 0 Å². The van der Waals surface area contributed by atoms with Crippen LogP contribution in [0.4, 0.5) is 10.1 Å². The maximum Gasteiger partial charge on any atom is 0.140 e. The van der Waals surface area contributed by atoms with Gasteiger partial charge in [0.2, 0.25) is 0 Å². The lowest BCUT2D eigenvalue weighted by molar-refractivity contribution is 0.415. The number of methoxy groups -OCH3 is 1. The minimum Gasteiger partial charge on any atom is -0.508 e. The molecule has 16 heterocycles. The van der Waals surface area contributed by atoms with Crippen molar-refractivity contribution >= 4 is 188 Å². The Morgan fingerprint density at radius 1 is 0.354 bits per heavy atom. The zero-order valence-electron chi connectivity index (χ0n) is 61.0. The van der Waals surface area contributed by atoms with Gasteiger partial charge in [-0.2, -0.15) is 0 Å². The van der Waals surface area contributed by atoms with E-state index in [-0.39, 0.29) is 11.6 Å². The maximum absolute atomic E-state index is 13.9. The number of aromatic amines is 8. The fraction of sp³-hybridized carbons (Fsp3) is 0.0787. The summed E-state index contributed by atoms with van der Waals surface area (Å²) in [4.78, 5) is 84.3. The first-order chi connectivity index (χ1) is 55.4. The monoisotopic (exact) mass is 1500 g/mol. The third-order valence-electron chi connectivity index (χ3n) is 21.5. The topological polar surface area (TPSA) is 310 Å². The molecule has 1 aliphatic heterocycles. The molecular weight excluding hydrogens is 1440 g/mol. The molecule has 23 aromatic rings. The number of nitrogens with zero attached hydrogens (tertiary/aromatic N) is 12. The smallest absolute Gasteiger partial charge is 0.140 e. The number of aromatic hydroxyl groups is 1. The summed E-state index contributed by atoms with van der Waals surface area (Å²) in [5, 5.41) is 21.5. The van der Waals surface area contributed by atoms with Gasteiger partial charge in [0.1, 0.15) is 40.6 Å². The van der Waals surface area contributed by atoms with E-state index in [2.05, 4.69) is 112 Å². The van der Waals surface area contributed by atoms with E-state index in [0.717, 1.165) is 251 Å². The Balaban J connectivity index is 0.0000000949. The molecule has 0 spiro atoms. The van der Waals surface area contributed by atoms with Crippen molar-refractivity contribution in [1.82, 2.24) is 94.7 Å². The molecule has 22 nitrogen and oxygen atoms in total. The molecule has 15 aromatic heterocycles.